The van der Waals surface area contributed by atoms with Crippen molar-refractivity contribution in [2.24, 2.45) is 17.8 Å². The predicted molar refractivity (Wildman–Crippen MR) is 70.5 cm³/mol. The van der Waals surface area contributed by atoms with E-state index in [9.17, 15) is 9.59 Å². The summed E-state index contributed by atoms with van der Waals surface area (Å²) in [6.45, 7) is 6.38. The van der Waals surface area contributed by atoms with Crippen molar-refractivity contribution in [2.75, 3.05) is 0 Å². The van der Waals surface area contributed by atoms with Crippen molar-refractivity contribution >= 4 is 11.9 Å². The predicted octanol–water partition coefficient (Wildman–Crippen LogP) is 3.40. The highest BCUT2D eigenvalue weighted by molar-refractivity contribution is 5.68. The number of carboxylic acid groups (broad SMARTS) is 2. The average molecular weight is 258 g/mol. The molecule has 4 heteroatoms. The van der Waals surface area contributed by atoms with Crippen molar-refractivity contribution in [1.82, 2.24) is 0 Å². The van der Waals surface area contributed by atoms with Crippen LogP contribution in [0.5, 0.6) is 0 Å². The lowest BCUT2D eigenvalue weighted by atomic mass is 9.82. The van der Waals surface area contributed by atoms with Crippen LogP contribution in [0.2, 0.25) is 0 Å². The van der Waals surface area contributed by atoms with Gasteiger partial charge in [-0.25, -0.2) is 0 Å². The number of rotatable bonds is 10. The molecular formula is C14H26O4. The summed E-state index contributed by atoms with van der Waals surface area (Å²) < 4.78 is 0. The van der Waals surface area contributed by atoms with E-state index in [0.29, 0.717) is 12.3 Å². The Bertz CT molecular complexity index is 263. The summed E-state index contributed by atoms with van der Waals surface area (Å²) in [4.78, 5) is 21.4. The molecule has 4 nitrogen and oxygen atoms in total. The van der Waals surface area contributed by atoms with Gasteiger partial charge in [-0.2, -0.15) is 0 Å². The Morgan fingerprint density at radius 1 is 1.00 bits per heavy atom. The van der Waals surface area contributed by atoms with Crippen LogP contribution in [0.25, 0.3) is 0 Å². The van der Waals surface area contributed by atoms with Crippen molar-refractivity contribution in [1.29, 1.82) is 0 Å². The number of hydrogen-bond acceptors (Lipinski definition) is 2. The van der Waals surface area contributed by atoms with Gasteiger partial charge in [0, 0.05) is 12.8 Å². The van der Waals surface area contributed by atoms with Gasteiger partial charge in [0.05, 0.1) is 0 Å². The normalized spacial score (nSPS) is 15.9. The van der Waals surface area contributed by atoms with Gasteiger partial charge >= 0.3 is 11.9 Å². The van der Waals surface area contributed by atoms with Crippen molar-refractivity contribution in [3.05, 3.63) is 0 Å². The fourth-order valence-corrected chi connectivity index (χ4v) is 2.11. The number of hydrogen-bond donors (Lipinski definition) is 2. The van der Waals surface area contributed by atoms with Crippen molar-refractivity contribution in [3.8, 4) is 0 Å². The largest absolute Gasteiger partial charge is 0.481 e. The Hall–Kier alpha value is -1.06. The maximum atomic E-state index is 10.8. The van der Waals surface area contributed by atoms with E-state index in [0.717, 1.165) is 19.3 Å². The molecular weight excluding hydrogens is 232 g/mol. The number of aliphatic carboxylic acids is 2. The molecule has 0 aliphatic heterocycles. The molecule has 0 heterocycles. The Morgan fingerprint density at radius 2 is 1.61 bits per heavy atom. The molecule has 0 aromatic carbocycles. The Labute approximate surface area is 109 Å². The zero-order chi connectivity index (χ0) is 14.1. The minimum absolute atomic E-state index is 0.0253. The second-order valence-corrected chi connectivity index (χ2v) is 5.36. The lowest BCUT2D eigenvalue weighted by Crippen LogP contribution is -2.18. The molecule has 0 aromatic rings. The average Bonchev–Trinajstić information content (AvgIpc) is 2.30. The summed E-state index contributed by atoms with van der Waals surface area (Å²) in [6, 6.07) is 0. The van der Waals surface area contributed by atoms with Gasteiger partial charge in [0.25, 0.3) is 0 Å². The van der Waals surface area contributed by atoms with Crippen LogP contribution in [0.15, 0.2) is 0 Å². The first-order valence-corrected chi connectivity index (χ1v) is 6.80. The highest BCUT2D eigenvalue weighted by atomic mass is 16.4. The van der Waals surface area contributed by atoms with E-state index >= 15 is 0 Å². The van der Waals surface area contributed by atoms with Crippen LogP contribution in [0, 0.1) is 17.8 Å². The minimum Gasteiger partial charge on any atom is -0.481 e. The monoisotopic (exact) mass is 258 g/mol. The van der Waals surface area contributed by atoms with Gasteiger partial charge in [0.1, 0.15) is 0 Å². The minimum atomic E-state index is -0.848. The van der Waals surface area contributed by atoms with Crippen LogP contribution in [-0.2, 0) is 9.59 Å². The van der Waals surface area contributed by atoms with Gasteiger partial charge in [-0.05, 0) is 24.2 Å². The van der Waals surface area contributed by atoms with Gasteiger partial charge in [0.15, 0.2) is 0 Å². The quantitative estimate of drug-likeness (QED) is 0.629. The zero-order valence-electron chi connectivity index (χ0n) is 11.7. The van der Waals surface area contributed by atoms with E-state index in [1.807, 2.05) is 6.92 Å². The third-order valence-corrected chi connectivity index (χ3v) is 3.78. The summed E-state index contributed by atoms with van der Waals surface area (Å²) in [6.07, 6.45) is 3.79. The second-order valence-electron chi connectivity index (χ2n) is 5.36. The van der Waals surface area contributed by atoms with Gasteiger partial charge in [-0.1, -0.05) is 40.0 Å². The first-order chi connectivity index (χ1) is 8.36. The highest BCUT2D eigenvalue weighted by Crippen LogP contribution is 2.27. The summed E-state index contributed by atoms with van der Waals surface area (Å²) >= 11 is 0. The first-order valence-electron chi connectivity index (χ1n) is 6.80. The topological polar surface area (TPSA) is 74.6 Å². The van der Waals surface area contributed by atoms with E-state index in [4.69, 9.17) is 10.2 Å². The van der Waals surface area contributed by atoms with Crippen LogP contribution < -0.4 is 0 Å². The summed E-state index contributed by atoms with van der Waals surface area (Å²) in [5.74, 6) is -0.783. The Balaban J connectivity index is 4.25. The van der Waals surface area contributed by atoms with Crippen LogP contribution >= 0.6 is 0 Å². The molecule has 106 valence electrons. The van der Waals surface area contributed by atoms with Crippen LogP contribution in [0.3, 0.4) is 0 Å². The summed E-state index contributed by atoms with van der Waals surface area (Å²) in [7, 11) is 0. The molecule has 0 fully saturated rings. The molecule has 0 aromatic heterocycles. The molecule has 3 atom stereocenters. The molecule has 0 rings (SSSR count). The van der Waals surface area contributed by atoms with E-state index in [-0.39, 0.29) is 24.7 Å². The van der Waals surface area contributed by atoms with Gasteiger partial charge in [0.2, 0.25) is 0 Å². The third-order valence-electron chi connectivity index (χ3n) is 3.78. The maximum absolute atomic E-state index is 10.8. The van der Waals surface area contributed by atoms with Gasteiger partial charge < -0.3 is 10.2 Å². The Kier molecular flexibility index (Phi) is 8.42. The molecule has 0 saturated carbocycles. The smallest absolute Gasteiger partial charge is 0.303 e. The van der Waals surface area contributed by atoms with E-state index in [2.05, 4.69) is 13.8 Å². The number of carbonyl (C=O) groups is 2. The van der Waals surface area contributed by atoms with E-state index < -0.39 is 11.9 Å². The first kappa shape index (κ1) is 16.9. The molecule has 18 heavy (non-hydrogen) atoms. The highest BCUT2D eigenvalue weighted by Gasteiger charge is 2.21. The van der Waals surface area contributed by atoms with Crippen LogP contribution in [0.1, 0.15) is 59.3 Å². The molecule has 3 unspecified atom stereocenters. The molecule has 2 N–H and O–H groups in total. The third kappa shape index (κ3) is 8.09. The Morgan fingerprint density at radius 3 is 2.06 bits per heavy atom. The van der Waals surface area contributed by atoms with Crippen molar-refractivity contribution in [2.45, 2.75) is 59.3 Å². The SMILES string of the molecule is CCC(C)CCC(C)C(CCC(=O)O)CC(=O)O. The van der Waals surface area contributed by atoms with Crippen LogP contribution in [0.4, 0.5) is 0 Å². The molecule has 0 aliphatic carbocycles. The molecule has 0 aliphatic rings. The summed E-state index contributed by atoms with van der Waals surface area (Å²) in [5.41, 5.74) is 0. The fourth-order valence-electron chi connectivity index (χ4n) is 2.11. The maximum Gasteiger partial charge on any atom is 0.303 e. The van der Waals surface area contributed by atoms with Crippen LogP contribution in [-0.4, -0.2) is 22.2 Å². The standard InChI is InChI=1S/C14H26O4/c1-4-10(2)5-6-11(3)12(9-14(17)18)7-8-13(15)16/h10-12H,4-9H2,1-3H3,(H,15,16)(H,17,18). The molecule has 0 spiro atoms. The summed E-state index contributed by atoms with van der Waals surface area (Å²) in [5, 5.41) is 17.6. The van der Waals surface area contributed by atoms with Crippen molar-refractivity contribution in [3.63, 3.8) is 0 Å². The van der Waals surface area contributed by atoms with Crippen molar-refractivity contribution < 1.29 is 19.8 Å². The fraction of sp³-hybridized carbons (Fsp3) is 0.857. The van der Waals surface area contributed by atoms with Gasteiger partial charge in [-0.15, -0.1) is 0 Å². The zero-order valence-corrected chi connectivity index (χ0v) is 11.7. The lowest BCUT2D eigenvalue weighted by Gasteiger charge is -2.23. The molecule has 0 amide bonds. The molecule has 0 saturated heterocycles. The second kappa shape index (κ2) is 8.95. The molecule has 0 bridgehead atoms. The molecule has 0 radical (unpaired) electrons. The van der Waals surface area contributed by atoms with E-state index in [1.54, 1.807) is 0 Å². The van der Waals surface area contributed by atoms with Gasteiger partial charge in [-0.3, -0.25) is 9.59 Å². The number of carboxylic acids is 2. The lowest BCUT2D eigenvalue weighted by molar-refractivity contribution is -0.141. The van der Waals surface area contributed by atoms with E-state index in [1.165, 1.54) is 0 Å².